The van der Waals surface area contributed by atoms with Crippen molar-refractivity contribution in [1.29, 1.82) is 0 Å². The second kappa shape index (κ2) is 5.57. The molecule has 0 bridgehead atoms. The SMILES string of the molecule is CN1C(=O)COc2ccc(B(O)OC(C)(C)C(C)(C)O)cc21. The van der Waals surface area contributed by atoms with Gasteiger partial charge in [0.1, 0.15) is 5.75 Å². The van der Waals surface area contributed by atoms with Crippen LogP contribution in [-0.4, -0.2) is 48.0 Å². The fourth-order valence-corrected chi connectivity index (χ4v) is 1.93. The zero-order valence-corrected chi connectivity index (χ0v) is 13.6. The minimum Gasteiger partial charge on any atom is -0.482 e. The minimum absolute atomic E-state index is 0.00757. The summed E-state index contributed by atoms with van der Waals surface area (Å²) in [6.45, 7) is 6.65. The normalized spacial score (nSPS) is 15.4. The molecule has 0 aliphatic carbocycles. The summed E-state index contributed by atoms with van der Waals surface area (Å²) in [5.74, 6) is 0.427. The van der Waals surface area contributed by atoms with Crippen molar-refractivity contribution in [3.63, 3.8) is 0 Å². The highest BCUT2D eigenvalue weighted by Crippen LogP contribution is 2.30. The molecule has 6 nitrogen and oxygen atoms in total. The molecule has 2 rings (SSSR count). The van der Waals surface area contributed by atoms with Gasteiger partial charge in [-0.2, -0.15) is 0 Å². The summed E-state index contributed by atoms with van der Waals surface area (Å²) in [5, 5.41) is 20.4. The predicted molar refractivity (Wildman–Crippen MR) is 84.4 cm³/mol. The number of amides is 1. The number of anilines is 1. The van der Waals surface area contributed by atoms with Crippen LogP contribution in [-0.2, 0) is 9.45 Å². The van der Waals surface area contributed by atoms with Crippen molar-refractivity contribution in [2.24, 2.45) is 0 Å². The third-order valence-corrected chi connectivity index (χ3v) is 4.23. The molecule has 1 heterocycles. The molecule has 22 heavy (non-hydrogen) atoms. The molecule has 1 amide bonds. The largest absolute Gasteiger partial charge is 0.491 e. The highest BCUT2D eigenvalue weighted by Gasteiger charge is 2.39. The molecule has 0 spiro atoms. The fourth-order valence-electron chi connectivity index (χ4n) is 1.93. The molecule has 1 aliphatic heterocycles. The molecular weight excluding hydrogens is 285 g/mol. The lowest BCUT2D eigenvalue weighted by molar-refractivity contribution is -0.120. The van der Waals surface area contributed by atoms with E-state index in [1.165, 1.54) is 4.90 Å². The van der Waals surface area contributed by atoms with Crippen molar-refractivity contribution in [3.05, 3.63) is 18.2 Å². The van der Waals surface area contributed by atoms with Crippen LogP contribution in [0.3, 0.4) is 0 Å². The summed E-state index contributed by atoms with van der Waals surface area (Å²) in [7, 11) is 0.429. The average molecular weight is 307 g/mol. The van der Waals surface area contributed by atoms with Crippen LogP contribution < -0.4 is 15.1 Å². The number of hydrogen-bond acceptors (Lipinski definition) is 5. The van der Waals surface area contributed by atoms with Crippen LogP contribution in [0.2, 0.25) is 0 Å². The van der Waals surface area contributed by atoms with Gasteiger partial charge in [0, 0.05) is 7.05 Å². The third-order valence-electron chi connectivity index (χ3n) is 4.23. The number of likely N-dealkylation sites (N-methyl/N-ethyl adjacent to an activating group) is 1. The summed E-state index contributed by atoms with van der Waals surface area (Å²) in [6, 6.07) is 5.02. The second-order valence-electron chi connectivity index (χ2n) is 6.51. The zero-order chi connectivity index (χ0) is 16.7. The molecule has 7 heteroatoms. The van der Waals surface area contributed by atoms with E-state index in [0.717, 1.165) is 0 Å². The number of carbonyl (C=O) groups is 1. The standard InChI is InChI=1S/C15H22BNO5/c1-14(2,19)15(3,4)22-16(20)10-6-7-12-11(8-10)17(5)13(18)9-21-12/h6-8,19-20H,9H2,1-5H3. The van der Waals surface area contributed by atoms with Gasteiger partial charge in [0.15, 0.2) is 6.61 Å². The lowest BCUT2D eigenvalue weighted by atomic mass is 9.76. The van der Waals surface area contributed by atoms with Gasteiger partial charge < -0.3 is 24.4 Å². The monoisotopic (exact) mass is 307 g/mol. The van der Waals surface area contributed by atoms with E-state index < -0.39 is 18.3 Å². The Kier molecular flexibility index (Phi) is 4.25. The van der Waals surface area contributed by atoms with Crippen LogP contribution in [0.4, 0.5) is 5.69 Å². The maximum absolute atomic E-state index is 11.7. The number of ether oxygens (including phenoxy) is 1. The Morgan fingerprint density at radius 1 is 1.32 bits per heavy atom. The highest BCUT2D eigenvalue weighted by atomic mass is 16.5. The van der Waals surface area contributed by atoms with E-state index in [4.69, 9.17) is 9.39 Å². The van der Waals surface area contributed by atoms with Crippen molar-refractivity contribution < 1.29 is 24.3 Å². The summed E-state index contributed by atoms with van der Waals surface area (Å²) < 4.78 is 10.9. The van der Waals surface area contributed by atoms with Crippen LogP contribution in [0.5, 0.6) is 5.75 Å². The summed E-state index contributed by atoms with van der Waals surface area (Å²) in [6.07, 6.45) is 0. The number of aliphatic hydroxyl groups is 1. The number of rotatable bonds is 4. The van der Waals surface area contributed by atoms with Gasteiger partial charge in [-0.3, -0.25) is 4.79 Å². The molecule has 1 aliphatic rings. The van der Waals surface area contributed by atoms with E-state index in [-0.39, 0.29) is 12.5 Å². The average Bonchev–Trinajstić information content (AvgIpc) is 2.41. The Morgan fingerprint density at radius 2 is 1.95 bits per heavy atom. The van der Waals surface area contributed by atoms with Crippen molar-refractivity contribution in [1.82, 2.24) is 0 Å². The third kappa shape index (κ3) is 3.11. The van der Waals surface area contributed by atoms with E-state index in [1.54, 1.807) is 52.9 Å². The second-order valence-corrected chi connectivity index (χ2v) is 6.51. The van der Waals surface area contributed by atoms with Crippen molar-refractivity contribution in [3.8, 4) is 5.75 Å². The molecule has 1 aromatic carbocycles. The first kappa shape index (κ1) is 16.8. The lowest BCUT2D eigenvalue weighted by Gasteiger charge is -2.38. The van der Waals surface area contributed by atoms with Crippen molar-refractivity contribution in [2.45, 2.75) is 38.9 Å². The van der Waals surface area contributed by atoms with Gasteiger partial charge in [-0.05, 0) is 45.3 Å². The number of nitrogens with zero attached hydrogens (tertiary/aromatic N) is 1. The minimum atomic E-state index is -1.22. The topological polar surface area (TPSA) is 79.2 Å². The van der Waals surface area contributed by atoms with Gasteiger partial charge in [0.25, 0.3) is 5.91 Å². The predicted octanol–water partition coefficient (Wildman–Crippen LogP) is 0.295. The van der Waals surface area contributed by atoms with Crippen LogP contribution in [0, 0.1) is 0 Å². The van der Waals surface area contributed by atoms with E-state index in [1.807, 2.05) is 0 Å². The van der Waals surface area contributed by atoms with Crippen LogP contribution in [0.1, 0.15) is 27.7 Å². The maximum Gasteiger partial charge on any atom is 0.491 e. The Hall–Kier alpha value is -1.57. The molecule has 2 N–H and O–H groups in total. The Bertz CT molecular complexity index is 582. The van der Waals surface area contributed by atoms with Crippen LogP contribution in [0.25, 0.3) is 0 Å². The maximum atomic E-state index is 11.7. The fraction of sp³-hybridized carbons (Fsp3) is 0.533. The summed E-state index contributed by atoms with van der Waals surface area (Å²) >= 11 is 0. The first-order valence-corrected chi connectivity index (χ1v) is 7.14. The number of hydrogen-bond donors (Lipinski definition) is 2. The first-order chi connectivity index (χ1) is 10.0. The van der Waals surface area contributed by atoms with E-state index in [9.17, 15) is 14.9 Å². The zero-order valence-electron chi connectivity index (χ0n) is 13.6. The van der Waals surface area contributed by atoms with E-state index >= 15 is 0 Å². The van der Waals surface area contributed by atoms with Crippen LogP contribution in [0.15, 0.2) is 18.2 Å². The van der Waals surface area contributed by atoms with Gasteiger partial charge in [-0.15, -0.1) is 0 Å². The quantitative estimate of drug-likeness (QED) is 0.782. The van der Waals surface area contributed by atoms with E-state index in [0.29, 0.717) is 16.9 Å². The molecule has 0 fully saturated rings. The first-order valence-electron chi connectivity index (χ1n) is 7.14. The summed E-state index contributed by atoms with van der Waals surface area (Å²) in [4.78, 5) is 13.2. The Morgan fingerprint density at radius 3 is 2.55 bits per heavy atom. The highest BCUT2D eigenvalue weighted by molar-refractivity contribution is 6.60. The molecule has 0 aromatic heterocycles. The van der Waals surface area contributed by atoms with Gasteiger partial charge in [-0.25, -0.2) is 0 Å². The van der Waals surface area contributed by atoms with Gasteiger partial charge in [-0.1, -0.05) is 6.07 Å². The van der Waals surface area contributed by atoms with Crippen molar-refractivity contribution in [2.75, 3.05) is 18.6 Å². The van der Waals surface area contributed by atoms with Gasteiger partial charge >= 0.3 is 7.12 Å². The smallest absolute Gasteiger partial charge is 0.482 e. The molecule has 1 aromatic rings. The van der Waals surface area contributed by atoms with E-state index in [2.05, 4.69) is 0 Å². The molecule has 0 saturated heterocycles. The summed E-state index contributed by atoms with van der Waals surface area (Å²) in [5.41, 5.74) is -1.02. The number of fused-ring (bicyclic) bond motifs is 1. The lowest BCUT2D eigenvalue weighted by Crippen LogP contribution is -2.53. The molecule has 0 saturated carbocycles. The van der Waals surface area contributed by atoms with Crippen LogP contribution >= 0.6 is 0 Å². The molecule has 0 radical (unpaired) electrons. The molecule has 0 unspecified atom stereocenters. The Balaban J connectivity index is 2.25. The molecular formula is C15H22BNO5. The Labute approximate surface area is 130 Å². The van der Waals surface area contributed by atoms with Gasteiger partial charge in [0.2, 0.25) is 0 Å². The number of carbonyl (C=O) groups excluding carboxylic acids is 1. The molecule has 120 valence electrons. The van der Waals surface area contributed by atoms with Crippen molar-refractivity contribution >= 4 is 24.2 Å². The molecule has 0 atom stereocenters. The van der Waals surface area contributed by atoms with Gasteiger partial charge in [0.05, 0.1) is 16.9 Å². The number of benzene rings is 1.